The Morgan fingerprint density at radius 3 is 3.04 bits per heavy atom. The molecule has 0 saturated heterocycles. The van der Waals surface area contributed by atoms with Crippen molar-refractivity contribution in [2.75, 3.05) is 6.61 Å². The second-order valence-corrected chi connectivity index (χ2v) is 7.00. The van der Waals surface area contributed by atoms with Gasteiger partial charge in [-0.1, -0.05) is 19.8 Å². The van der Waals surface area contributed by atoms with E-state index in [2.05, 4.69) is 17.2 Å². The van der Waals surface area contributed by atoms with E-state index in [1.165, 1.54) is 12.5 Å². The topological polar surface area (TPSA) is 56.2 Å². The zero-order valence-electron chi connectivity index (χ0n) is 14.3. The van der Waals surface area contributed by atoms with E-state index in [0.717, 1.165) is 25.0 Å². The largest absolute Gasteiger partial charge is 0.488 e. The Morgan fingerprint density at radius 1 is 1.36 bits per heavy atom. The van der Waals surface area contributed by atoms with Crippen molar-refractivity contribution in [3.8, 4) is 17.0 Å². The number of hydrogen-bond acceptors (Lipinski definition) is 3. The lowest BCUT2D eigenvalue weighted by atomic mass is 9.86. The molecule has 1 fully saturated rings. The summed E-state index contributed by atoms with van der Waals surface area (Å²) >= 11 is 0. The fourth-order valence-electron chi connectivity index (χ4n) is 3.81. The summed E-state index contributed by atoms with van der Waals surface area (Å²) in [6.07, 6.45) is 7.82. The van der Waals surface area contributed by atoms with Crippen molar-refractivity contribution in [3.63, 3.8) is 0 Å². The van der Waals surface area contributed by atoms with Crippen LogP contribution in [0.5, 0.6) is 5.75 Å². The number of nitrogens with one attached hydrogen (secondary N) is 1. The number of aromatic nitrogens is 2. The van der Waals surface area contributed by atoms with E-state index in [-0.39, 0.29) is 17.7 Å². The average molecular weight is 343 g/mol. The van der Waals surface area contributed by atoms with Crippen molar-refractivity contribution in [2.24, 2.45) is 5.92 Å². The van der Waals surface area contributed by atoms with Crippen molar-refractivity contribution in [1.29, 1.82) is 0 Å². The molecule has 1 saturated carbocycles. The summed E-state index contributed by atoms with van der Waals surface area (Å²) in [5.74, 6) is -0.0836. The van der Waals surface area contributed by atoms with Gasteiger partial charge in [0.2, 0.25) is 0 Å². The highest BCUT2D eigenvalue weighted by Crippen LogP contribution is 2.35. The summed E-state index contributed by atoms with van der Waals surface area (Å²) in [7, 11) is 0. The van der Waals surface area contributed by atoms with Crippen LogP contribution in [0.2, 0.25) is 0 Å². The number of imidazole rings is 1. The number of nitrogens with zero attached hydrogens (tertiary/aromatic N) is 2. The molecule has 1 aliphatic carbocycles. The Kier molecular flexibility index (Phi) is 4.19. The molecule has 0 spiro atoms. The maximum absolute atomic E-state index is 14.6. The highest BCUT2D eigenvalue weighted by Gasteiger charge is 2.26. The van der Waals surface area contributed by atoms with Crippen LogP contribution >= 0.6 is 0 Å². The zero-order chi connectivity index (χ0) is 17.4. The first-order valence-electron chi connectivity index (χ1n) is 8.91. The first-order chi connectivity index (χ1) is 12.1. The number of halogens is 1. The van der Waals surface area contributed by atoms with Gasteiger partial charge in [0.1, 0.15) is 6.61 Å². The van der Waals surface area contributed by atoms with Crippen LogP contribution in [0.15, 0.2) is 24.7 Å². The number of benzene rings is 1. The predicted octanol–water partition coefficient (Wildman–Crippen LogP) is 3.39. The Morgan fingerprint density at radius 2 is 2.20 bits per heavy atom. The first-order valence-corrected chi connectivity index (χ1v) is 8.91. The number of fused-ring (bicyclic) bond motifs is 3. The van der Waals surface area contributed by atoms with Crippen molar-refractivity contribution >= 4 is 5.91 Å². The molecule has 0 unspecified atom stereocenters. The van der Waals surface area contributed by atoms with E-state index in [9.17, 15) is 9.18 Å². The quantitative estimate of drug-likeness (QED) is 0.909. The van der Waals surface area contributed by atoms with E-state index in [1.807, 2.05) is 4.57 Å². The van der Waals surface area contributed by atoms with Crippen molar-refractivity contribution in [2.45, 2.75) is 45.2 Å². The van der Waals surface area contributed by atoms with Gasteiger partial charge in [0, 0.05) is 17.2 Å². The molecule has 2 atom stereocenters. The van der Waals surface area contributed by atoms with Crippen LogP contribution in [0.1, 0.15) is 43.0 Å². The molecule has 5 nitrogen and oxygen atoms in total. The second-order valence-electron chi connectivity index (χ2n) is 7.00. The Labute approximate surface area is 146 Å². The third-order valence-electron chi connectivity index (χ3n) is 5.30. The van der Waals surface area contributed by atoms with Crippen molar-refractivity contribution < 1.29 is 13.9 Å². The van der Waals surface area contributed by atoms with Crippen LogP contribution < -0.4 is 10.1 Å². The van der Waals surface area contributed by atoms with Gasteiger partial charge in [-0.25, -0.2) is 9.37 Å². The molecule has 1 N–H and O–H groups in total. The summed E-state index contributed by atoms with van der Waals surface area (Å²) in [6.45, 7) is 3.14. The maximum atomic E-state index is 14.6. The SMILES string of the molecule is C[C@H]1CCCC[C@@H]1NC(=O)c1cc(F)c2c(c1)-c1cncn1CCO2. The number of amides is 1. The van der Waals surface area contributed by atoms with E-state index in [1.54, 1.807) is 18.6 Å². The monoisotopic (exact) mass is 343 g/mol. The van der Waals surface area contributed by atoms with Crippen LogP contribution in [0.25, 0.3) is 11.3 Å². The molecule has 2 aromatic rings. The van der Waals surface area contributed by atoms with Crippen LogP contribution in [0.3, 0.4) is 0 Å². The number of rotatable bonds is 2. The van der Waals surface area contributed by atoms with Gasteiger partial charge in [0.25, 0.3) is 5.91 Å². The van der Waals surface area contributed by atoms with E-state index < -0.39 is 5.82 Å². The molecule has 1 aromatic carbocycles. The summed E-state index contributed by atoms with van der Waals surface area (Å²) in [5, 5.41) is 3.08. The fourth-order valence-corrected chi connectivity index (χ4v) is 3.81. The smallest absolute Gasteiger partial charge is 0.251 e. The van der Waals surface area contributed by atoms with E-state index >= 15 is 0 Å². The summed E-state index contributed by atoms with van der Waals surface area (Å²) < 4.78 is 22.1. The van der Waals surface area contributed by atoms with Gasteiger partial charge >= 0.3 is 0 Å². The highest BCUT2D eigenvalue weighted by atomic mass is 19.1. The van der Waals surface area contributed by atoms with Gasteiger partial charge in [-0.2, -0.15) is 0 Å². The van der Waals surface area contributed by atoms with Crippen molar-refractivity contribution in [3.05, 3.63) is 36.0 Å². The predicted molar refractivity (Wildman–Crippen MR) is 92.0 cm³/mol. The minimum Gasteiger partial charge on any atom is -0.488 e. The lowest BCUT2D eigenvalue weighted by Crippen LogP contribution is -2.41. The molecule has 0 bridgehead atoms. The summed E-state index contributed by atoms with van der Waals surface area (Å²) in [4.78, 5) is 16.8. The lowest BCUT2D eigenvalue weighted by molar-refractivity contribution is 0.0910. The molecule has 0 radical (unpaired) electrons. The minimum atomic E-state index is -0.506. The molecule has 2 heterocycles. The second kappa shape index (κ2) is 6.50. The van der Waals surface area contributed by atoms with Gasteiger partial charge in [0.15, 0.2) is 11.6 Å². The molecular formula is C19H22FN3O2. The molecule has 1 aromatic heterocycles. The molecular weight excluding hydrogens is 321 g/mol. The summed E-state index contributed by atoms with van der Waals surface area (Å²) in [5.41, 5.74) is 1.68. The van der Waals surface area contributed by atoms with Gasteiger partial charge in [-0.05, 0) is 30.9 Å². The fraction of sp³-hybridized carbons (Fsp3) is 0.474. The Hall–Kier alpha value is -2.37. The average Bonchev–Trinajstić information content (AvgIpc) is 2.99. The molecule has 2 aliphatic rings. The third kappa shape index (κ3) is 3.01. The van der Waals surface area contributed by atoms with E-state index in [4.69, 9.17) is 4.74 Å². The van der Waals surface area contributed by atoms with Crippen LogP contribution in [0.4, 0.5) is 4.39 Å². The Bertz CT molecular complexity index is 802. The molecule has 132 valence electrons. The van der Waals surface area contributed by atoms with Gasteiger partial charge in [0.05, 0.1) is 24.8 Å². The number of hydrogen-bond donors (Lipinski definition) is 1. The normalized spacial score (nSPS) is 22.3. The van der Waals surface area contributed by atoms with Crippen LogP contribution in [0, 0.1) is 11.7 Å². The Balaban J connectivity index is 1.66. The first kappa shape index (κ1) is 16.1. The zero-order valence-corrected chi connectivity index (χ0v) is 14.3. The minimum absolute atomic E-state index is 0.157. The van der Waals surface area contributed by atoms with Crippen LogP contribution in [-0.2, 0) is 6.54 Å². The molecule has 4 rings (SSSR count). The molecule has 1 aliphatic heterocycles. The van der Waals surface area contributed by atoms with Crippen molar-refractivity contribution in [1.82, 2.24) is 14.9 Å². The van der Waals surface area contributed by atoms with Gasteiger partial charge in [-0.3, -0.25) is 4.79 Å². The van der Waals surface area contributed by atoms with E-state index in [0.29, 0.717) is 30.2 Å². The summed E-state index contributed by atoms with van der Waals surface area (Å²) in [6, 6.07) is 3.14. The number of carbonyl (C=O) groups is 1. The molecule has 6 heteroatoms. The van der Waals surface area contributed by atoms with Gasteiger partial charge in [-0.15, -0.1) is 0 Å². The maximum Gasteiger partial charge on any atom is 0.251 e. The van der Waals surface area contributed by atoms with Crippen LogP contribution in [-0.4, -0.2) is 28.1 Å². The molecule has 25 heavy (non-hydrogen) atoms. The lowest BCUT2D eigenvalue weighted by Gasteiger charge is -2.29. The number of carbonyl (C=O) groups excluding carboxylic acids is 1. The van der Waals surface area contributed by atoms with Gasteiger partial charge < -0.3 is 14.6 Å². The highest BCUT2D eigenvalue weighted by molar-refractivity contribution is 5.96. The standard InChI is InChI=1S/C19H22FN3O2/c1-12-4-2-3-5-16(12)22-19(24)13-8-14-17-10-21-11-23(17)6-7-25-18(14)15(20)9-13/h8-12,16H,2-7H2,1H3,(H,22,24)/t12-,16-/m0/s1. The third-order valence-corrected chi connectivity index (χ3v) is 5.30. The number of ether oxygens (including phenoxy) is 1. The molecule has 1 amide bonds.